The smallest absolute Gasteiger partial charge is 0.451 e. The molecule has 4 rings (SSSR count). The minimum Gasteiger partial charge on any atom is -0.493 e. The molecule has 2 heterocycles. The molecule has 0 aliphatic rings. The first-order valence-electron chi connectivity index (χ1n) is 9.21. The maximum absolute atomic E-state index is 13.5. The number of methoxy groups -OCH3 is 2. The summed E-state index contributed by atoms with van der Waals surface area (Å²) in [6, 6.07) is 11.7. The van der Waals surface area contributed by atoms with Gasteiger partial charge in [-0.2, -0.15) is 13.2 Å². The molecular weight excluding hydrogens is 449 g/mol. The van der Waals surface area contributed by atoms with Gasteiger partial charge in [0.05, 0.1) is 20.8 Å². The summed E-state index contributed by atoms with van der Waals surface area (Å²) in [7, 11) is 2.93. The number of halogens is 4. The van der Waals surface area contributed by atoms with Crippen LogP contribution in [0.25, 0.3) is 11.2 Å². The highest BCUT2D eigenvalue weighted by molar-refractivity contribution is 6.31. The molecule has 0 aliphatic carbocycles. The van der Waals surface area contributed by atoms with Crippen LogP contribution in [0.3, 0.4) is 0 Å². The summed E-state index contributed by atoms with van der Waals surface area (Å²) in [5.74, 6) is -0.621. The van der Waals surface area contributed by atoms with Crippen LogP contribution in [0.4, 0.5) is 24.7 Å². The van der Waals surface area contributed by atoms with Gasteiger partial charge in [0.15, 0.2) is 28.5 Å². The largest absolute Gasteiger partial charge is 0.493 e. The molecule has 0 aliphatic heterocycles. The zero-order valence-corrected chi connectivity index (χ0v) is 17.6. The van der Waals surface area contributed by atoms with Crippen molar-refractivity contribution < 1.29 is 22.6 Å². The van der Waals surface area contributed by atoms with Gasteiger partial charge >= 0.3 is 6.18 Å². The van der Waals surface area contributed by atoms with Gasteiger partial charge in [-0.3, -0.25) is 0 Å². The van der Waals surface area contributed by atoms with Gasteiger partial charge in [-0.1, -0.05) is 35.0 Å². The summed E-state index contributed by atoms with van der Waals surface area (Å²) in [5, 5.41) is 11.3. The van der Waals surface area contributed by atoms with Crippen molar-refractivity contribution in [2.45, 2.75) is 12.7 Å². The Morgan fingerprint density at radius 3 is 2.47 bits per heavy atom. The van der Waals surface area contributed by atoms with Gasteiger partial charge in [0.25, 0.3) is 0 Å². The molecule has 0 atom stereocenters. The lowest BCUT2D eigenvalue weighted by molar-refractivity contribution is -0.144. The van der Waals surface area contributed by atoms with Gasteiger partial charge in [0, 0.05) is 16.8 Å². The summed E-state index contributed by atoms with van der Waals surface area (Å²) in [5.41, 5.74) is 1.05. The lowest BCUT2D eigenvalue weighted by Gasteiger charge is -2.12. The molecule has 0 unspecified atom stereocenters. The zero-order chi connectivity index (χ0) is 22.9. The van der Waals surface area contributed by atoms with Crippen LogP contribution in [0, 0.1) is 0 Å². The van der Waals surface area contributed by atoms with Gasteiger partial charge in [-0.15, -0.1) is 5.10 Å². The van der Waals surface area contributed by atoms with Gasteiger partial charge in [0.2, 0.25) is 5.82 Å². The van der Waals surface area contributed by atoms with Crippen molar-refractivity contribution in [2.75, 3.05) is 19.5 Å². The van der Waals surface area contributed by atoms with E-state index in [4.69, 9.17) is 21.1 Å². The molecule has 0 radical (unpaired) electrons. The first-order chi connectivity index (χ1) is 15.3. The summed E-state index contributed by atoms with van der Waals surface area (Å²) in [4.78, 5) is 7.31. The Morgan fingerprint density at radius 2 is 1.78 bits per heavy atom. The van der Waals surface area contributed by atoms with E-state index >= 15 is 0 Å². The fraction of sp³-hybridized carbons (Fsp3) is 0.200. The van der Waals surface area contributed by atoms with E-state index in [1.54, 1.807) is 42.5 Å². The molecule has 4 aromatic rings. The highest BCUT2D eigenvalue weighted by atomic mass is 35.5. The quantitative estimate of drug-likeness (QED) is 0.442. The Labute approximate surface area is 184 Å². The Hall–Kier alpha value is -3.60. The van der Waals surface area contributed by atoms with E-state index in [1.807, 2.05) is 0 Å². The molecule has 8 nitrogen and oxygen atoms in total. The van der Waals surface area contributed by atoms with Crippen LogP contribution < -0.4 is 14.8 Å². The van der Waals surface area contributed by atoms with Crippen molar-refractivity contribution in [3.8, 4) is 11.5 Å². The number of aromatic nitrogens is 5. The molecule has 0 saturated heterocycles. The number of fused-ring (bicyclic) bond motifs is 1. The second-order valence-electron chi connectivity index (χ2n) is 6.60. The number of nitrogens with zero attached hydrogens (tertiary/aromatic N) is 5. The molecule has 0 bridgehead atoms. The third kappa shape index (κ3) is 4.24. The first-order valence-corrected chi connectivity index (χ1v) is 9.59. The number of alkyl halides is 3. The molecule has 0 saturated carbocycles. The minimum absolute atomic E-state index is 0.0693. The SMILES string of the molecule is COc1ccc(Nc2nc(C(F)(F)F)nc3c2nnn3Cc2ccccc2Cl)cc1OC. The van der Waals surface area contributed by atoms with Crippen molar-refractivity contribution in [2.24, 2.45) is 0 Å². The summed E-state index contributed by atoms with van der Waals surface area (Å²) >= 11 is 6.18. The second-order valence-corrected chi connectivity index (χ2v) is 7.01. The van der Waals surface area contributed by atoms with Crippen LogP contribution in [0.1, 0.15) is 11.4 Å². The van der Waals surface area contributed by atoms with Crippen molar-refractivity contribution >= 4 is 34.3 Å². The first kappa shape index (κ1) is 21.6. The predicted octanol–water partition coefficient (Wildman–Crippen LogP) is 4.70. The van der Waals surface area contributed by atoms with Gasteiger partial charge in [0.1, 0.15) is 0 Å². The molecular formula is C20H16ClF3N6O2. The molecule has 32 heavy (non-hydrogen) atoms. The number of anilines is 2. The van der Waals surface area contributed by atoms with Crippen LogP contribution in [0.2, 0.25) is 5.02 Å². The van der Waals surface area contributed by atoms with Gasteiger partial charge < -0.3 is 14.8 Å². The Bertz CT molecular complexity index is 1280. The number of benzene rings is 2. The summed E-state index contributed by atoms with van der Waals surface area (Å²) in [6.07, 6.45) is -4.78. The van der Waals surface area contributed by atoms with E-state index in [9.17, 15) is 13.2 Å². The van der Waals surface area contributed by atoms with Crippen LogP contribution in [0.15, 0.2) is 42.5 Å². The fourth-order valence-electron chi connectivity index (χ4n) is 3.02. The van der Waals surface area contributed by atoms with Crippen LogP contribution in [-0.4, -0.2) is 39.2 Å². The predicted molar refractivity (Wildman–Crippen MR) is 112 cm³/mol. The van der Waals surface area contributed by atoms with Crippen LogP contribution in [-0.2, 0) is 12.7 Å². The molecule has 0 amide bonds. The van der Waals surface area contributed by atoms with E-state index in [1.165, 1.54) is 18.9 Å². The van der Waals surface area contributed by atoms with Crippen LogP contribution >= 0.6 is 11.6 Å². The average Bonchev–Trinajstić information content (AvgIpc) is 3.17. The molecule has 0 fully saturated rings. The third-order valence-corrected chi connectivity index (χ3v) is 4.91. The minimum atomic E-state index is -4.78. The number of nitrogens with one attached hydrogen (secondary N) is 1. The van der Waals surface area contributed by atoms with Crippen LogP contribution in [0.5, 0.6) is 11.5 Å². The normalized spacial score (nSPS) is 11.6. The fourth-order valence-corrected chi connectivity index (χ4v) is 3.21. The highest BCUT2D eigenvalue weighted by Crippen LogP contribution is 2.34. The molecule has 1 N–H and O–H groups in total. The van der Waals surface area contributed by atoms with E-state index in [2.05, 4.69) is 25.6 Å². The van der Waals surface area contributed by atoms with Crippen molar-refractivity contribution in [3.63, 3.8) is 0 Å². The summed E-state index contributed by atoms with van der Waals surface area (Å²) < 4.78 is 52.2. The standard InChI is InChI=1S/C20H16ClF3N6O2/c1-31-14-8-7-12(9-15(14)32-2)25-17-16-18(27-19(26-17)20(22,23)24)30(29-28-16)10-11-5-3-4-6-13(11)21/h3-9H,10H2,1-2H3,(H,25,26,27). The monoisotopic (exact) mass is 464 g/mol. The van der Waals surface area contributed by atoms with Crippen molar-refractivity contribution in [1.82, 2.24) is 25.0 Å². The number of hydrogen-bond donors (Lipinski definition) is 1. The van der Waals surface area contributed by atoms with Crippen molar-refractivity contribution in [1.29, 1.82) is 0 Å². The summed E-state index contributed by atoms with van der Waals surface area (Å²) in [6.45, 7) is 0.0836. The number of ether oxygens (including phenoxy) is 2. The average molecular weight is 465 g/mol. The van der Waals surface area contributed by atoms with E-state index < -0.39 is 12.0 Å². The Kier molecular flexibility index (Phi) is 5.74. The zero-order valence-electron chi connectivity index (χ0n) is 16.8. The maximum atomic E-state index is 13.5. The van der Waals surface area contributed by atoms with E-state index in [0.29, 0.717) is 27.8 Å². The second kappa shape index (κ2) is 8.50. The van der Waals surface area contributed by atoms with Crippen molar-refractivity contribution in [3.05, 3.63) is 58.9 Å². The maximum Gasteiger partial charge on any atom is 0.451 e. The highest BCUT2D eigenvalue weighted by Gasteiger charge is 2.36. The number of hydrogen-bond acceptors (Lipinski definition) is 7. The topological polar surface area (TPSA) is 87.0 Å². The van der Waals surface area contributed by atoms with Gasteiger partial charge in [-0.05, 0) is 23.8 Å². The Morgan fingerprint density at radius 1 is 1.03 bits per heavy atom. The molecule has 0 spiro atoms. The number of rotatable bonds is 6. The van der Waals surface area contributed by atoms with E-state index in [0.717, 1.165) is 0 Å². The molecule has 166 valence electrons. The van der Waals surface area contributed by atoms with Gasteiger partial charge in [-0.25, -0.2) is 14.6 Å². The molecule has 2 aromatic carbocycles. The van der Waals surface area contributed by atoms with E-state index in [-0.39, 0.29) is 23.5 Å². The Balaban J connectivity index is 1.80. The third-order valence-electron chi connectivity index (χ3n) is 4.54. The lowest BCUT2D eigenvalue weighted by Crippen LogP contribution is -2.14. The molecule has 12 heteroatoms. The molecule has 2 aromatic heterocycles. The lowest BCUT2D eigenvalue weighted by atomic mass is 10.2.